The molecule has 0 saturated carbocycles. The van der Waals surface area contributed by atoms with Crippen LogP contribution < -0.4 is 25.4 Å². The molecule has 7 nitrogen and oxygen atoms in total. The Kier molecular flexibility index (Phi) is 5.60. The van der Waals surface area contributed by atoms with E-state index in [4.69, 9.17) is 24.8 Å². The fourth-order valence-electron chi connectivity index (χ4n) is 3.04. The van der Waals surface area contributed by atoms with Crippen LogP contribution in [0.3, 0.4) is 0 Å². The lowest BCUT2D eigenvalue weighted by molar-refractivity contribution is 0.101. The molecule has 2 unspecified atom stereocenters. The molecule has 2 aromatic rings. The molecular formula is C19H23N3O4. The van der Waals surface area contributed by atoms with Crippen molar-refractivity contribution in [1.82, 2.24) is 5.32 Å². The molecule has 0 radical (unpaired) electrons. The summed E-state index contributed by atoms with van der Waals surface area (Å²) in [5, 5.41) is 7.41. The number of hydrazone groups is 1. The van der Waals surface area contributed by atoms with Crippen LogP contribution in [0.25, 0.3) is 0 Å². The van der Waals surface area contributed by atoms with Gasteiger partial charge in [0.05, 0.1) is 39.7 Å². The molecule has 0 spiro atoms. The smallest absolute Gasteiger partial charge is 0.203 e. The molecule has 3 rings (SSSR count). The van der Waals surface area contributed by atoms with E-state index in [1.807, 2.05) is 42.5 Å². The average Bonchev–Trinajstić information content (AvgIpc) is 3.18. The first-order valence-corrected chi connectivity index (χ1v) is 8.22. The van der Waals surface area contributed by atoms with Gasteiger partial charge in [0, 0.05) is 5.56 Å². The highest BCUT2D eigenvalue weighted by molar-refractivity contribution is 6.05. The Hall–Kier alpha value is -2.77. The third-order valence-electron chi connectivity index (χ3n) is 4.31. The van der Waals surface area contributed by atoms with Gasteiger partial charge in [-0.2, -0.15) is 5.10 Å². The molecule has 0 bridgehead atoms. The van der Waals surface area contributed by atoms with Gasteiger partial charge in [0.25, 0.3) is 0 Å². The quantitative estimate of drug-likeness (QED) is 0.467. The predicted molar refractivity (Wildman–Crippen MR) is 98.9 cm³/mol. The van der Waals surface area contributed by atoms with Gasteiger partial charge in [0.1, 0.15) is 6.23 Å². The molecule has 2 atom stereocenters. The number of benzene rings is 2. The standard InChI is InChI=1S/C19H23N3O4/c1-23-15-9-13(10-16(24-2)18(15)25-3)17(22-20)14-11-26-19(21-14)12-7-5-4-6-8-12/h4-10,14,19,21H,11,20H2,1-3H3/b22-17-. The second kappa shape index (κ2) is 8.07. The molecule has 138 valence electrons. The van der Waals surface area contributed by atoms with E-state index < -0.39 is 0 Å². The summed E-state index contributed by atoms with van der Waals surface area (Å²) >= 11 is 0. The summed E-state index contributed by atoms with van der Waals surface area (Å²) in [6.45, 7) is 0.451. The number of rotatable bonds is 6. The number of nitrogens with zero attached hydrogens (tertiary/aromatic N) is 1. The maximum Gasteiger partial charge on any atom is 0.203 e. The highest BCUT2D eigenvalue weighted by Gasteiger charge is 2.31. The Labute approximate surface area is 152 Å². The lowest BCUT2D eigenvalue weighted by Crippen LogP contribution is -2.35. The van der Waals surface area contributed by atoms with Crippen molar-refractivity contribution in [3.05, 3.63) is 53.6 Å². The normalized spacial score (nSPS) is 20.0. The van der Waals surface area contributed by atoms with Gasteiger partial charge in [-0.1, -0.05) is 30.3 Å². The van der Waals surface area contributed by atoms with Crippen LogP contribution in [0, 0.1) is 0 Å². The molecule has 7 heteroatoms. The van der Waals surface area contributed by atoms with Gasteiger partial charge in [-0.25, -0.2) is 0 Å². The number of nitrogens with one attached hydrogen (secondary N) is 1. The minimum absolute atomic E-state index is 0.159. The van der Waals surface area contributed by atoms with Crippen molar-refractivity contribution in [2.45, 2.75) is 12.3 Å². The first-order valence-electron chi connectivity index (χ1n) is 8.22. The largest absolute Gasteiger partial charge is 0.493 e. The van der Waals surface area contributed by atoms with Crippen molar-refractivity contribution in [3.63, 3.8) is 0 Å². The number of methoxy groups -OCH3 is 3. The Bertz CT molecular complexity index is 755. The molecule has 1 heterocycles. The van der Waals surface area contributed by atoms with E-state index in [2.05, 4.69) is 10.4 Å². The van der Waals surface area contributed by atoms with E-state index in [1.165, 1.54) is 0 Å². The average molecular weight is 357 g/mol. The second-order valence-corrected chi connectivity index (χ2v) is 5.77. The van der Waals surface area contributed by atoms with E-state index >= 15 is 0 Å². The van der Waals surface area contributed by atoms with Gasteiger partial charge in [0.2, 0.25) is 5.75 Å². The molecule has 26 heavy (non-hydrogen) atoms. The number of nitrogens with two attached hydrogens (primary N) is 1. The van der Waals surface area contributed by atoms with Crippen molar-refractivity contribution in [1.29, 1.82) is 0 Å². The van der Waals surface area contributed by atoms with Gasteiger partial charge >= 0.3 is 0 Å². The van der Waals surface area contributed by atoms with E-state index in [0.29, 0.717) is 29.6 Å². The van der Waals surface area contributed by atoms with E-state index in [0.717, 1.165) is 11.1 Å². The summed E-state index contributed by atoms with van der Waals surface area (Å²) in [6, 6.07) is 13.4. The number of hydrogen-bond donors (Lipinski definition) is 2. The van der Waals surface area contributed by atoms with Gasteiger partial charge in [-0.3, -0.25) is 5.32 Å². The van der Waals surface area contributed by atoms with Crippen LogP contribution in [0.5, 0.6) is 17.2 Å². The third kappa shape index (κ3) is 3.44. The Morgan fingerprint density at radius 2 is 1.73 bits per heavy atom. The molecule has 1 saturated heterocycles. The molecule has 0 aliphatic carbocycles. The molecule has 0 aromatic heterocycles. The lowest BCUT2D eigenvalue weighted by atomic mass is 10.0. The van der Waals surface area contributed by atoms with Crippen LogP contribution in [0.1, 0.15) is 17.4 Å². The van der Waals surface area contributed by atoms with Crippen LogP contribution in [0.15, 0.2) is 47.6 Å². The lowest BCUT2D eigenvalue weighted by Gasteiger charge is -2.17. The van der Waals surface area contributed by atoms with Crippen molar-refractivity contribution in [2.24, 2.45) is 10.9 Å². The number of hydrogen-bond acceptors (Lipinski definition) is 7. The molecule has 2 aromatic carbocycles. The van der Waals surface area contributed by atoms with Gasteiger partial charge in [0.15, 0.2) is 11.5 Å². The summed E-state index contributed by atoms with van der Waals surface area (Å²) in [5.74, 6) is 7.31. The molecule has 0 amide bonds. The molecule has 3 N–H and O–H groups in total. The first-order chi connectivity index (χ1) is 12.7. The highest BCUT2D eigenvalue weighted by atomic mass is 16.5. The minimum atomic E-state index is -0.208. The Morgan fingerprint density at radius 1 is 1.08 bits per heavy atom. The topological polar surface area (TPSA) is 87.3 Å². The number of ether oxygens (including phenoxy) is 4. The van der Waals surface area contributed by atoms with Crippen LogP contribution in [0.4, 0.5) is 0 Å². The summed E-state index contributed by atoms with van der Waals surface area (Å²) in [7, 11) is 4.71. The SMILES string of the molecule is COc1cc(/C(=N/N)C2COC(c3ccccc3)N2)cc(OC)c1OC. The summed E-state index contributed by atoms with van der Waals surface area (Å²) < 4.78 is 22.1. The Balaban J connectivity index is 1.88. The summed E-state index contributed by atoms with van der Waals surface area (Å²) in [5.41, 5.74) is 2.48. The monoisotopic (exact) mass is 357 g/mol. The summed E-state index contributed by atoms with van der Waals surface area (Å²) in [4.78, 5) is 0. The van der Waals surface area contributed by atoms with Crippen molar-refractivity contribution < 1.29 is 18.9 Å². The zero-order valence-corrected chi connectivity index (χ0v) is 15.1. The van der Waals surface area contributed by atoms with Gasteiger partial charge < -0.3 is 24.8 Å². The highest BCUT2D eigenvalue weighted by Crippen LogP contribution is 2.38. The summed E-state index contributed by atoms with van der Waals surface area (Å²) in [6.07, 6.45) is -0.208. The molecule has 1 fully saturated rings. The van der Waals surface area contributed by atoms with E-state index in [1.54, 1.807) is 21.3 Å². The molecule has 1 aliphatic rings. The fraction of sp³-hybridized carbons (Fsp3) is 0.316. The molecular weight excluding hydrogens is 334 g/mol. The zero-order valence-electron chi connectivity index (χ0n) is 15.1. The maximum atomic E-state index is 5.88. The van der Waals surface area contributed by atoms with Crippen molar-refractivity contribution in [2.75, 3.05) is 27.9 Å². The molecule has 1 aliphatic heterocycles. The first kappa shape index (κ1) is 18.0. The second-order valence-electron chi connectivity index (χ2n) is 5.77. The van der Waals surface area contributed by atoms with Gasteiger partial charge in [-0.05, 0) is 17.7 Å². The predicted octanol–water partition coefficient (Wildman–Crippen LogP) is 2.06. The zero-order chi connectivity index (χ0) is 18.5. The maximum absolute atomic E-state index is 5.88. The van der Waals surface area contributed by atoms with Crippen LogP contribution >= 0.6 is 0 Å². The van der Waals surface area contributed by atoms with Crippen molar-refractivity contribution >= 4 is 5.71 Å². The van der Waals surface area contributed by atoms with E-state index in [-0.39, 0.29) is 12.3 Å². The van der Waals surface area contributed by atoms with Gasteiger partial charge in [-0.15, -0.1) is 0 Å². The van der Waals surface area contributed by atoms with Crippen LogP contribution in [0.2, 0.25) is 0 Å². The fourth-order valence-corrected chi connectivity index (χ4v) is 3.04. The van der Waals surface area contributed by atoms with E-state index in [9.17, 15) is 0 Å². The third-order valence-corrected chi connectivity index (χ3v) is 4.31. The van der Waals surface area contributed by atoms with Crippen LogP contribution in [-0.2, 0) is 4.74 Å². The van der Waals surface area contributed by atoms with Crippen molar-refractivity contribution in [3.8, 4) is 17.2 Å². The minimum Gasteiger partial charge on any atom is -0.493 e. The van der Waals surface area contributed by atoms with Crippen LogP contribution in [-0.4, -0.2) is 39.7 Å². The Morgan fingerprint density at radius 3 is 2.27 bits per heavy atom.